The Labute approximate surface area is 107 Å². The molecule has 1 aromatic carbocycles. The van der Waals surface area contributed by atoms with Crippen LogP contribution in [0.15, 0.2) is 24.3 Å². The van der Waals surface area contributed by atoms with Gasteiger partial charge in [0.15, 0.2) is 0 Å². The fraction of sp³-hybridized carbons (Fsp3) is 0.429. The minimum Gasteiger partial charge on any atom is -0.319 e. The number of carbonyl (C=O) groups is 2. The Hall–Kier alpha value is -1.84. The minimum absolute atomic E-state index is 0.0159. The lowest BCUT2D eigenvalue weighted by Crippen LogP contribution is -2.33. The minimum atomic E-state index is -0.0709. The number of rotatable bonds is 3. The molecule has 2 rings (SSSR count). The molecule has 1 heterocycles. The van der Waals surface area contributed by atoms with Crippen LogP contribution in [0.4, 0.5) is 4.79 Å². The van der Waals surface area contributed by atoms with E-state index in [2.05, 4.69) is 0 Å². The van der Waals surface area contributed by atoms with Gasteiger partial charge in [-0.2, -0.15) is 0 Å². The monoisotopic (exact) mass is 246 g/mol. The quantitative estimate of drug-likeness (QED) is 0.818. The zero-order chi connectivity index (χ0) is 13.3. The predicted octanol–water partition coefficient (Wildman–Crippen LogP) is 1.99. The predicted molar refractivity (Wildman–Crippen MR) is 69.3 cm³/mol. The van der Waals surface area contributed by atoms with Crippen LogP contribution in [0.2, 0.25) is 0 Å². The van der Waals surface area contributed by atoms with Crippen LogP contribution in [-0.4, -0.2) is 41.8 Å². The number of ketones is 1. The van der Waals surface area contributed by atoms with Gasteiger partial charge >= 0.3 is 6.03 Å². The number of urea groups is 1. The molecule has 0 radical (unpaired) electrons. The van der Waals surface area contributed by atoms with Gasteiger partial charge < -0.3 is 9.80 Å². The Morgan fingerprint density at radius 1 is 1.39 bits per heavy atom. The maximum absolute atomic E-state index is 12.0. The number of Topliss-reactive ketones (excluding diaryl/α,β-unsaturated/α-hetero) is 1. The van der Waals surface area contributed by atoms with E-state index in [0.717, 1.165) is 5.56 Å². The highest BCUT2D eigenvalue weighted by molar-refractivity contribution is 5.85. The molecule has 0 aliphatic carbocycles. The first-order chi connectivity index (χ1) is 8.50. The number of aryl methyl sites for hydroxylation is 1. The zero-order valence-electron chi connectivity index (χ0n) is 11.0. The summed E-state index contributed by atoms with van der Waals surface area (Å²) >= 11 is 0. The molecule has 1 fully saturated rings. The van der Waals surface area contributed by atoms with Crippen molar-refractivity contribution in [3.05, 3.63) is 35.4 Å². The van der Waals surface area contributed by atoms with E-state index in [0.29, 0.717) is 6.54 Å². The van der Waals surface area contributed by atoms with E-state index >= 15 is 0 Å². The average Bonchev–Trinajstić information content (AvgIpc) is 2.58. The summed E-state index contributed by atoms with van der Waals surface area (Å²) in [6.45, 7) is 4.33. The van der Waals surface area contributed by atoms with Gasteiger partial charge in [-0.1, -0.05) is 24.3 Å². The summed E-state index contributed by atoms with van der Waals surface area (Å²) in [5.74, 6) is 0.0159. The lowest BCUT2D eigenvalue weighted by atomic mass is 10.0. The summed E-state index contributed by atoms with van der Waals surface area (Å²) in [7, 11) is 1.79. The van der Waals surface area contributed by atoms with Crippen LogP contribution in [0.1, 0.15) is 24.1 Å². The molecule has 0 N–H and O–H groups in total. The second kappa shape index (κ2) is 4.80. The first-order valence-corrected chi connectivity index (χ1v) is 6.07. The molecule has 1 aromatic rings. The van der Waals surface area contributed by atoms with E-state index in [1.807, 2.05) is 31.2 Å². The fourth-order valence-electron chi connectivity index (χ4n) is 2.43. The van der Waals surface area contributed by atoms with Gasteiger partial charge in [0.25, 0.3) is 0 Å². The molecule has 4 heteroatoms. The molecular formula is C14H18N2O2. The first kappa shape index (κ1) is 12.6. The molecule has 1 aliphatic heterocycles. The standard InChI is InChI=1S/C14H18N2O2/c1-10-6-4-5-7-12(10)13-9-16(8-11(2)17)14(18)15(13)3/h4-7,13H,8-9H2,1-3H3. The van der Waals surface area contributed by atoms with Crippen LogP contribution in [0.3, 0.4) is 0 Å². The highest BCUT2D eigenvalue weighted by Gasteiger charge is 2.36. The van der Waals surface area contributed by atoms with Crippen molar-refractivity contribution < 1.29 is 9.59 Å². The SMILES string of the molecule is CC(=O)CN1CC(c2ccccc2C)N(C)C1=O. The van der Waals surface area contributed by atoms with Crippen molar-refractivity contribution in [1.82, 2.24) is 9.80 Å². The number of nitrogens with zero attached hydrogens (tertiary/aromatic N) is 2. The summed E-state index contributed by atoms with van der Waals surface area (Å²) in [5.41, 5.74) is 2.33. The van der Waals surface area contributed by atoms with Gasteiger partial charge in [-0.15, -0.1) is 0 Å². The van der Waals surface area contributed by atoms with Crippen molar-refractivity contribution in [2.45, 2.75) is 19.9 Å². The summed E-state index contributed by atoms with van der Waals surface area (Å²) < 4.78 is 0. The summed E-state index contributed by atoms with van der Waals surface area (Å²) in [6, 6.07) is 8.02. The Bertz CT molecular complexity index is 484. The maximum atomic E-state index is 12.0. The topological polar surface area (TPSA) is 40.6 Å². The molecule has 4 nitrogen and oxygen atoms in total. The number of benzene rings is 1. The number of amides is 2. The van der Waals surface area contributed by atoms with Crippen LogP contribution in [0.25, 0.3) is 0 Å². The maximum Gasteiger partial charge on any atom is 0.320 e. The molecule has 1 aliphatic rings. The molecule has 0 bridgehead atoms. The van der Waals surface area contributed by atoms with Gasteiger partial charge in [-0.25, -0.2) is 4.79 Å². The van der Waals surface area contributed by atoms with Crippen LogP contribution in [-0.2, 0) is 4.79 Å². The molecule has 1 atom stereocenters. The zero-order valence-corrected chi connectivity index (χ0v) is 11.0. The summed E-state index contributed by atoms with van der Waals surface area (Å²) in [6.07, 6.45) is 0. The lowest BCUT2D eigenvalue weighted by Gasteiger charge is -2.19. The molecular weight excluding hydrogens is 228 g/mol. The Kier molecular flexibility index (Phi) is 3.36. The van der Waals surface area contributed by atoms with Crippen molar-refractivity contribution in [1.29, 1.82) is 0 Å². The number of carbonyl (C=O) groups excluding carboxylic acids is 2. The van der Waals surface area contributed by atoms with Crippen LogP contribution < -0.4 is 0 Å². The van der Waals surface area contributed by atoms with Crippen LogP contribution in [0.5, 0.6) is 0 Å². The van der Waals surface area contributed by atoms with Gasteiger partial charge in [-0.3, -0.25) is 4.79 Å². The van der Waals surface area contributed by atoms with Gasteiger partial charge in [0.2, 0.25) is 0 Å². The van der Waals surface area contributed by atoms with Crippen LogP contribution in [0, 0.1) is 6.92 Å². The Morgan fingerprint density at radius 2 is 2.06 bits per heavy atom. The smallest absolute Gasteiger partial charge is 0.319 e. The van der Waals surface area contributed by atoms with Gasteiger partial charge in [-0.05, 0) is 25.0 Å². The molecule has 2 amide bonds. The van der Waals surface area contributed by atoms with Gasteiger partial charge in [0.1, 0.15) is 5.78 Å². The normalized spacial score (nSPS) is 19.5. The third kappa shape index (κ3) is 2.23. The van der Waals surface area contributed by atoms with E-state index in [4.69, 9.17) is 0 Å². The Balaban J connectivity index is 2.24. The Morgan fingerprint density at radius 3 is 2.67 bits per heavy atom. The molecule has 96 valence electrons. The highest BCUT2D eigenvalue weighted by atomic mass is 16.2. The number of hydrogen-bond acceptors (Lipinski definition) is 2. The molecule has 0 saturated carbocycles. The molecule has 0 aromatic heterocycles. The van der Waals surface area contributed by atoms with Crippen molar-refractivity contribution in [2.24, 2.45) is 0 Å². The van der Waals surface area contributed by atoms with Crippen molar-refractivity contribution in [3.63, 3.8) is 0 Å². The molecule has 1 saturated heterocycles. The van der Waals surface area contributed by atoms with E-state index in [1.54, 1.807) is 16.8 Å². The second-order valence-corrected chi connectivity index (χ2v) is 4.85. The van der Waals surface area contributed by atoms with Crippen molar-refractivity contribution >= 4 is 11.8 Å². The summed E-state index contributed by atoms with van der Waals surface area (Å²) in [5, 5.41) is 0. The highest BCUT2D eigenvalue weighted by Crippen LogP contribution is 2.29. The fourth-order valence-corrected chi connectivity index (χ4v) is 2.43. The molecule has 0 spiro atoms. The second-order valence-electron chi connectivity index (χ2n) is 4.85. The molecule has 18 heavy (non-hydrogen) atoms. The van der Waals surface area contributed by atoms with Crippen molar-refractivity contribution in [3.8, 4) is 0 Å². The van der Waals surface area contributed by atoms with Crippen LogP contribution >= 0.6 is 0 Å². The van der Waals surface area contributed by atoms with E-state index in [1.165, 1.54) is 12.5 Å². The lowest BCUT2D eigenvalue weighted by molar-refractivity contribution is -0.117. The van der Waals surface area contributed by atoms with Gasteiger partial charge in [0, 0.05) is 13.6 Å². The van der Waals surface area contributed by atoms with E-state index in [-0.39, 0.29) is 24.4 Å². The van der Waals surface area contributed by atoms with Gasteiger partial charge in [0.05, 0.1) is 12.6 Å². The van der Waals surface area contributed by atoms with E-state index < -0.39 is 0 Å². The third-order valence-corrected chi connectivity index (χ3v) is 3.39. The number of hydrogen-bond donors (Lipinski definition) is 0. The van der Waals surface area contributed by atoms with E-state index in [9.17, 15) is 9.59 Å². The number of likely N-dealkylation sites (N-methyl/N-ethyl adjacent to an activating group) is 1. The molecule has 1 unspecified atom stereocenters. The summed E-state index contributed by atoms with van der Waals surface area (Å²) in [4.78, 5) is 26.5. The first-order valence-electron chi connectivity index (χ1n) is 6.07. The van der Waals surface area contributed by atoms with Crippen molar-refractivity contribution in [2.75, 3.05) is 20.1 Å². The average molecular weight is 246 g/mol. The third-order valence-electron chi connectivity index (χ3n) is 3.39. The largest absolute Gasteiger partial charge is 0.320 e.